The Hall–Kier alpha value is -2.01. The van der Waals surface area contributed by atoms with Crippen molar-refractivity contribution >= 4 is 23.2 Å². The molecule has 0 aliphatic heterocycles. The average molecular weight is 266 g/mol. The number of carbonyl (C=O) groups excluding carboxylic acids is 1. The first kappa shape index (κ1) is 12.4. The molecule has 1 amide bonds. The summed E-state index contributed by atoms with van der Waals surface area (Å²) in [6.45, 7) is 1.82. The van der Waals surface area contributed by atoms with E-state index in [1.165, 1.54) is 12.3 Å². The van der Waals surface area contributed by atoms with Crippen molar-refractivity contribution in [1.82, 2.24) is 9.97 Å². The van der Waals surface area contributed by atoms with Gasteiger partial charge in [-0.25, -0.2) is 9.97 Å². The molecule has 2 heterocycles. The highest BCUT2D eigenvalue weighted by atomic mass is 35.5. The summed E-state index contributed by atoms with van der Waals surface area (Å²) in [4.78, 5) is 19.1. The highest BCUT2D eigenvalue weighted by Crippen LogP contribution is 2.20. The molecule has 1 N–H and O–H groups in total. The van der Waals surface area contributed by atoms with E-state index < -0.39 is 11.9 Å². The van der Waals surface area contributed by atoms with Gasteiger partial charge >= 0.3 is 0 Å². The van der Waals surface area contributed by atoms with Crippen molar-refractivity contribution in [2.75, 3.05) is 5.32 Å². The van der Waals surface area contributed by atoms with Crippen LogP contribution in [0, 0.1) is 12.9 Å². The molecule has 0 radical (unpaired) electrons. The Morgan fingerprint density at radius 2 is 2.17 bits per heavy atom. The lowest BCUT2D eigenvalue weighted by atomic mass is 10.2. The first-order chi connectivity index (χ1) is 8.56. The summed E-state index contributed by atoms with van der Waals surface area (Å²) < 4.78 is 12.9. The van der Waals surface area contributed by atoms with Gasteiger partial charge in [-0.15, -0.1) is 0 Å². The van der Waals surface area contributed by atoms with Gasteiger partial charge in [-0.3, -0.25) is 4.79 Å². The maximum atomic E-state index is 12.9. The Labute approximate surface area is 108 Å². The van der Waals surface area contributed by atoms with Crippen LogP contribution in [-0.4, -0.2) is 15.9 Å². The number of hydrogen-bond acceptors (Lipinski definition) is 3. The highest BCUT2D eigenvalue weighted by molar-refractivity contribution is 6.32. The molecule has 0 aromatic carbocycles. The van der Waals surface area contributed by atoms with E-state index in [0.29, 0.717) is 5.69 Å². The molecule has 2 aromatic rings. The van der Waals surface area contributed by atoms with E-state index in [1.807, 2.05) is 6.92 Å². The normalized spacial score (nSPS) is 10.2. The fourth-order valence-corrected chi connectivity index (χ4v) is 1.53. The molecule has 0 unspecified atom stereocenters. The summed E-state index contributed by atoms with van der Waals surface area (Å²) in [5.41, 5.74) is 1.41. The van der Waals surface area contributed by atoms with Gasteiger partial charge in [-0.1, -0.05) is 11.6 Å². The zero-order valence-electron chi connectivity index (χ0n) is 9.45. The monoisotopic (exact) mass is 265 g/mol. The summed E-state index contributed by atoms with van der Waals surface area (Å²) in [6, 6.07) is 4.15. The maximum absolute atomic E-state index is 12.9. The molecule has 0 saturated heterocycles. The van der Waals surface area contributed by atoms with Crippen molar-refractivity contribution in [3.8, 4) is 0 Å². The number of carbonyl (C=O) groups is 1. The lowest BCUT2D eigenvalue weighted by Gasteiger charge is -2.07. The van der Waals surface area contributed by atoms with E-state index in [2.05, 4.69) is 15.3 Å². The molecule has 2 aromatic heterocycles. The van der Waals surface area contributed by atoms with E-state index in [9.17, 15) is 9.18 Å². The number of rotatable bonds is 2. The Balaban J connectivity index is 2.24. The summed E-state index contributed by atoms with van der Waals surface area (Å²) >= 11 is 5.85. The second-order valence-electron chi connectivity index (χ2n) is 3.67. The van der Waals surface area contributed by atoms with Gasteiger partial charge in [0.1, 0.15) is 0 Å². The summed E-state index contributed by atoms with van der Waals surface area (Å²) in [5, 5.41) is 2.75. The third kappa shape index (κ3) is 2.81. The first-order valence-electron chi connectivity index (χ1n) is 5.11. The Morgan fingerprint density at radius 1 is 1.39 bits per heavy atom. The van der Waals surface area contributed by atoms with Crippen LogP contribution in [0.1, 0.15) is 15.9 Å². The summed E-state index contributed by atoms with van der Waals surface area (Å²) in [6.07, 6.45) is 2.81. The van der Waals surface area contributed by atoms with Gasteiger partial charge < -0.3 is 5.32 Å². The second kappa shape index (κ2) is 5.10. The number of pyridine rings is 2. The van der Waals surface area contributed by atoms with Gasteiger partial charge in [-0.05, 0) is 24.6 Å². The largest absolute Gasteiger partial charge is 0.319 e. The fourth-order valence-electron chi connectivity index (χ4n) is 1.38. The first-order valence-corrected chi connectivity index (χ1v) is 5.49. The Kier molecular flexibility index (Phi) is 3.53. The molecule has 0 spiro atoms. The molecule has 92 valence electrons. The SMILES string of the molecule is Cc1cnc(Cl)c(NC(=O)c2ccnc(F)c2)c1. The van der Waals surface area contributed by atoms with Gasteiger partial charge in [0.2, 0.25) is 5.95 Å². The number of halogens is 2. The molecule has 2 rings (SSSR count). The minimum Gasteiger partial charge on any atom is -0.319 e. The van der Waals surface area contributed by atoms with Gasteiger partial charge in [0, 0.05) is 24.0 Å². The molecule has 0 aliphatic carbocycles. The number of amides is 1. The predicted molar refractivity (Wildman–Crippen MR) is 66.1 cm³/mol. The summed E-state index contributed by atoms with van der Waals surface area (Å²) in [7, 11) is 0. The van der Waals surface area contributed by atoms with Crippen LogP contribution < -0.4 is 5.32 Å². The lowest BCUT2D eigenvalue weighted by Crippen LogP contribution is -2.13. The molecule has 6 heteroatoms. The topological polar surface area (TPSA) is 54.9 Å². The third-order valence-electron chi connectivity index (χ3n) is 2.21. The van der Waals surface area contributed by atoms with Crippen molar-refractivity contribution in [3.63, 3.8) is 0 Å². The van der Waals surface area contributed by atoms with Crippen LogP contribution in [0.25, 0.3) is 0 Å². The highest BCUT2D eigenvalue weighted by Gasteiger charge is 2.10. The molecule has 0 atom stereocenters. The second-order valence-corrected chi connectivity index (χ2v) is 4.03. The molecule has 0 bridgehead atoms. The minimum absolute atomic E-state index is 0.167. The number of aryl methyl sites for hydroxylation is 1. The Morgan fingerprint density at radius 3 is 2.89 bits per heavy atom. The van der Waals surface area contributed by atoms with Crippen LogP contribution in [0.5, 0.6) is 0 Å². The van der Waals surface area contributed by atoms with Crippen LogP contribution in [0.4, 0.5) is 10.1 Å². The Bertz CT molecular complexity index is 604. The maximum Gasteiger partial charge on any atom is 0.255 e. The lowest BCUT2D eigenvalue weighted by molar-refractivity contribution is 0.102. The average Bonchev–Trinajstić information content (AvgIpc) is 2.34. The number of nitrogens with one attached hydrogen (secondary N) is 1. The van der Waals surface area contributed by atoms with E-state index in [-0.39, 0.29) is 10.7 Å². The molecule has 0 saturated carbocycles. The number of hydrogen-bond donors (Lipinski definition) is 1. The van der Waals surface area contributed by atoms with Crippen molar-refractivity contribution in [2.24, 2.45) is 0 Å². The standard InChI is InChI=1S/C12H9ClFN3O/c1-7-4-9(11(13)16-6-7)17-12(18)8-2-3-15-10(14)5-8/h2-6H,1H3,(H,17,18). The van der Waals surface area contributed by atoms with Crippen molar-refractivity contribution in [3.05, 3.63) is 52.8 Å². The molecule has 4 nitrogen and oxygen atoms in total. The smallest absolute Gasteiger partial charge is 0.255 e. The van der Waals surface area contributed by atoms with Crippen molar-refractivity contribution in [1.29, 1.82) is 0 Å². The molecular weight excluding hydrogens is 257 g/mol. The van der Waals surface area contributed by atoms with Gasteiger partial charge in [0.15, 0.2) is 5.15 Å². The van der Waals surface area contributed by atoms with Gasteiger partial charge in [-0.2, -0.15) is 4.39 Å². The third-order valence-corrected chi connectivity index (χ3v) is 2.51. The van der Waals surface area contributed by atoms with Crippen molar-refractivity contribution in [2.45, 2.75) is 6.92 Å². The minimum atomic E-state index is -0.712. The quantitative estimate of drug-likeness (QED) is 0.850. The van der Waals surface area contributed by atoms with Crippen molar-refractivity contribution < 1.29 is 9.18 Å². The molecule has 18 heavy (non-hydrogen) atoms. The number of anilines is 1. The zero-order valence-corrected chi connectivity index (χ0v) is 10.2. The van der Waals surface area contributed by atoms with Crippen LogP contribution in [0.3, 0.4) is 0 Å². The van der Waals surface area contributed by atoms with Crippen LogP contribution >= 0.6 is 11.6 Å². The van der Waals surface area contributed by atoms with E-state index in [0.717, 1.165) is 11.6 Å². The summed E-state index contributed by atoms with van der Waals surface area (Å²) in [5.74, 6) is -1.18. The molecular formula is C12H9ClFN3O. The van der Waals surface area contributed by atoms with E-state index in [1.54, 1.807) is 12.3 Å². The molecule has 0 aliphatic rings. The van der Waals surface area contributed by atoms with Gasteiger partial charge in [0.05, 0.1) is 5.69 Å². The zero-order chi connectivity index (χ0) is 13.1. The number of nitrogens with zero attached hydrogens (tertiary/aromatic N) is 2. The number of aromatic nitrogens is 2. The van der Waals surface area contributed by atoms with E-state index in [4.69, 9.17) is 11.6 Å². The van der Waals surface area contributed by atoms with Crippen LogP contribution in [0.2, 0.25) is 5.15 Å². The van der Waals surface area contributed by atoms with Crippen LogP contribution in [0.15, 0.2) is 30.6 Å². The van der Waals surface area contributed by atoms with E-state index >= 15 is 0 Å². The molecule has 0 fully saturated rings. The predicted octanol–water partition coefficient (Wildman–Crippen LogP) is 2.83. The van der Waals surface area contributed by atoms with Crippen LogP contribution in [-0.2, 0) is 0 Å². The van der Waals surface area contributed by atoms with Gasteiger partial charge in [0.25, 0.3) is 5.91 Å². The fraction of sp³-hybridized carbons (Fsp3) is 0.0833.